The Labute approximate surface area is 140 Å². The summed E-state index contributed by atoms with van der Waals surface area (Å²) in [6, 6.07) is 7.63. The van der Waals surface area contributed by atoms with Gasteiger partial charge in [-0.1, -0.05) is 0 Å². The van der Waals surface area contributed by atoms with Gasteiger partial charge in [0.15, 0.2) is 5.69 Å². The number of carbonyl (C=O) groups is 1. The number of carbonyl (C=O) groups excluding carboxylic acids is 1. The minimum absolute atomic E-state index is 0.0200. The van der Waals surface area contributed by atoms with Crippen LogP contribution >= 0.6 is 0 Å². The van der Waals surface area contributed by atoms with E-state index in [0.29, 0.717) is 11.4 Å². The van der Waals surface area contributed by atoms with Crippen LogP contribution in [0.25, 0.3) is 5.69 Å². The zero-order valence-corrected chi connectivity index (χ0v) is 13.6. The summed E-state index contributed by atoms with van der Waals surface area (Å²) in [6.07, 6.45) is 1.69. The average molecular weight is 332 g/mol. The molecule has 1 fully saturated rings. The second-order valence-corrected chi connectivity index (χ2v) is 5.91. The third-order valence-corrected chi connectivity index (χ3v) is 3.93. The van der Waals surface area contributed by atoms with Crippen molar-refractivity contribution < 1.29 is 13.9 Å². The van der Waals surface area contributed by atoms with Crippen LogP contribution in [0.5, 0.6) is 0 Å². The van der Waals surface area contributed by atoms with Crippen molar-refractivity contribution in [3.05, 3.63) is 48.0 Å². The summed E-state index contributed by atoms with van der Waals surface area (Å²) >= 11 is 0. The zero-order chi connectivity index (χ0) is 16.9. The van der Waals surface area contributed by atoms with E-state index in [1.807, 2.05) is 6.92 Å². The number of hydrogen-bond donors (Lipinski definition) is 1. The highest BCUT2D eigenvalue weighted by Gasteiger charge is 2.17. The van der Waals surface area contributed by atoms with Gasteiger partial charge in [-0.3, -0.25) is 9.69 Å². The lowest BCUT2D eigenvalue weighted by molar-refractivity contribution is 0.0342. The van der Waals surface area contributed by atoms with Crippen LogP contribution in [-0.4, -0.2) is 59.5 Å². The van der Waals surface area contributed by atoms with Crippen LogP contribution in [0.15, 0.2) is 36.5 Å². The molecule has 1 amide bonds. The fourth-order valence-corrected chi connectivity index (χ4v) is 2.70. The van der Waals surface area contributed by atoms with Crippen molar-refractivity contribution in [2.24, 2.45) is 0 Å². The van der Waals surface area contributed by atoms with E-state index in [1.54, 1.807) is 29.1 Å². The van der Waals surface area contributed by atoms with Gasteiger partial charge in [0, 0.05) is 31.9 Å². The second-order valence-electron chi connectivity index (χ2n) is 5.91. The Bertz CT molecular complexity index is 680. The lowest BCUT2D eigenvalue weighted by atomic mass is 10.2. The van der Waals surface area contributed by atoms with Gasteiger partial charge in [0.25, 0.3) is 5.91 Å². The summed E-state index contributed by atoms with van der Waals surface area (Å²) in [5, 5.41) is 7.22. The average Bonchev–Trinajstić information content (AvgIpc) is 3.06. The van der Waals surface area contributed by atoms with E-state index in [0.717, 1.165) is 32.8 Å². The highest BCUT2D eigenvalue weighted by atomic mass is 19.1. The fourth-order valence-electron chi connectivity index (χ4n) is 2.70. The summed E-state index contributed by atoms with van der Waals surface area (Å²) in [6.45, 7) is 6.02. The lowest BCUT2D eigenvalue weighted by Crippen LogP contribution is -2.46. The lowest BCUT2D eigenvalue weighted by Gasteiger charge is -2.29. The summed E-state index contributed by atoms with van der Waals surface area (Å²) < 4.78 is 19.8. The van der Waals surface area contributed by atoms with Crippen LogP contribution in [-0.2, 0) is 4.74 Å². The van der Waals surface area contributed by atoms with Crippen molar-refractivity contribution in [2.75, 3.05) is 32.8 Å². The van der Waals surface area contributed by atoms with Crippen molar-refractivity contribution in [1.29, 1.82) is 0 Å². The number of morpholine rings is 1. The van der Waals surface area contributed by atoms with Gasteiger partial charge in [-0.2, -0.15) is 5.10 Å². The molecule has 6 nitrogen and oxygen atoms in total. The minimum atomic E-state index is -0.305. The first-order chi connectivity index (χ1) is 11.6. The summed E-state index contributed by atoms with van der Waals surface area (Å²) in [5.41, 5.74) is 1.05. The molecule has 1 saturated heterocycles. The Hall–Kier alpha value is -2.25. The quantitative estimate of drug-likeness (QED) is 0.901. The molecule has 1 N–H and O–H groups in total. The van der Waals surface area contributed by atoms with Crippen LogP contribution in [0.2, 0.25) is 0 Å². The molecular weight excluding hydrogens is 311 g/mol. The highest BCUT2D eigenvalue weighted by molar-refractivity contribution is 5.92. The Morgan fingerprint density at radius 1 is 1.29 bits per heavy atom. The van der Waals surface area contributed by atoms with Crippen molar-refractivity contribution in [1.82, 2.24) is 20.0 Å². The third-order valence-electron chi connectivity index (χ3n) is 3.93. The van der Waals surface area contributed by atoms with Gasteiger partial charge in [-0.05, 0) is 37.3 Å². The van der Waals surface area contributed by atoms with Gasteiger partial charge in [0.05, 0.1) is 18.9 Å². The predicted octanol–water partition coefficient (Wildman–Crippen LogP) is 1.46. The standard InChI is InChI=1S/C17H21FN4O2/c1-13(12-21-8-10-24-11-9-21)19-17(23)16-6-7-22(20-16)15-4-2-14(18)3-5-15/h2-7,13H,8-12H2,1H3,(H,19,23)/t13-/m1/s1. The SMILES string of the molecule is C[C@H](CN1CCOCC1)NC(=O)c1ccn(-c2ccc(F)cc2)n1. The molecule has 0 aliphatic carbocycles. The topological polar surface area (TPSA) is 59.4 Å². The fraction of sp³-hybridized carbons (Fsp3) is 0.412. The minimum Gasteiger partial charge on any atom is -0.379 e. The summed E-state index contributed by atoms with van der Waals surface area (Å²) in [5.74, 6) is -0.516. The monoisotopic (exact) mass is 332 g/mol. The second kappa shape index (κ2) is 7.55. The van der Waals surface area contributed by atoms with Gasteiger partial charge in [0.2, 0.25) is 0 Å². The number of nitrogens with zero attached hydrogens (tertiary/aromatic N) is 3. The number of amides is 1. The number of nitrogens with one attached hydrogen (secondary N) is 1. The van der Waals surface area contributed by atoms with Crippen molar-refractivity contribution in [2.45, 2.75) is 13.0 Å². The molecule has 1 atom stereocenters. The Balaban J connectivity index is 1.58. The number of benzene rings is 1. The molecule has 128 valence electrons. The molecule has 24 heavy (non-hydrogen) atoms. The first kappa shape index (κ1) is 16.6. The molecule has 0 unspecified atom stereocenters. The Kier molecular flexibility index (Phi) is 5.22. The van der Waals surface area contributed by atoms with E-state index in [2.05, 4.69) is 15.3 Å². The van der Waals surface area contributed by atoms with Crippen molar-refractivity contribution in [3.63, 3.8) is 0 Å². The van der Waals surface area contributed by atoms with Crippen molar-refractivity contribution >= 4 is 5.91 Å². The molecule has 0 saturated carbocycles. The van der Waals surface area contributed by atoms with Crippen LogP contribution in [0.4, 0.5) is 4.39 Å². The first-order valence-corrected chi connectivity index (χ1v) is 8.04. The molecule has 7 heteroatoms. The molecular formula is C17H21FN4O2. The van der Waals surface area contributed by atoms with Crippen molar-refractivity contribution in [3.8, 4) is 5.69 Å². The van der Waals surface area contributed by atoms with Crippen LogP contribution in [0.3, 0.4) is 0 Å². The number of ether oxygens (including phenoxy) is 1. The number of aromatic nitrogens is 2. The molecule has 0 bridgehead atoms. The van der Waals surface area contributed by atoms with Gasteiger partial charge in [0.1, 0.15) is 5.82 Å². The van der Waals surface area contributed by atoms with Crippen LogP contribution in [0, 0.1) is 5.82 Å². The Morgan fingerprint density at radius 2 is 2.00 bits per heavy atom. The van der Waals surface area contributed by atoms with E-state index in [4.69, 9.17) is 4.74 Å². The Morgan fingerprint density at radius 3 is 2.71 bits per heavy atom. The predicted molar refractivity (Wildman–Crippen MR) is 87.7 cm³/mol. The van der Waals surface area contributed by atoms with E-state index in [1.165, 1.54) is 12.1 Å². The largest absolute Gasteiger partial charge is 0.379 e. The summed E-state index contributed by atoms with van der Waals surface area (Å²) in [7, 11) is 0. The molecule has 1 aliphatic rings. The van der Waals surface area contributed by atoms with Gasteiger partial charge >= 0.3 is 0 Å². The van der Waals surface area contributed by atoms with Gasteiger partial charge in [-0.25, -0.2) is 9.07 Å². The molecule has 1 aromatic heterocycles. The van der Waals surface area contributed by atoms with Crippen LogP contribution < -0.4 is 5.32 Å². The molecule has 1 aromatic carbocycles. The number of rotatable bonds is 5. The summed E-state index contributed by atoms with van der Waals surface area (Å²) in [4.78, 5) is 14.6. The smallest absolute Gasteiger partial charge is 0.272 e. The van der Waals surface area contributed by atoms with Gasteiger partial charge in [-0.15, -0.1) is 0 Å². The van der Waals surface area contributed by atoms with Crippen LogP contribution in [0.1, 0.15) is 17.4 Å². The molecule has 1 aliphatic heterocycles. The molecule has 2 heterocycles. The molecule has 2 aromatic rings. The van der Waals surface area contributed by atoms with E-state index in [9.17, 15) is 9.18 Å². The zero-order valence-electron chi connectivity index (χ0n) is 13.6. The van der Waals surface area contributed by atoms with Gasteiger partial charge < -0.3 is 10.1 Å². The number of hydrogen-bond acceptors (Lipinski definition) is 4. The third kappa shape index (κ3) is 4.18. The molecule has 3 rings (SSSR count). The maximum absolute atomic E-state index is 13.0. The number of halogens is 1. The maximum atomic E-state index is 13.0. The van der Waals surface area contributed by atoms with E-state index >= 15 is 0 Å². The van der Waals surface area contributed by atoms with E-state index < -0.39 is 0 Å². The first-order valence-electron chi connectivity index (χ1n) is 8.04. The normalized spacial score (nSPS) is 16.8. The van der Waals surface area contributed by atoms with E-state index in [-0.39, 0.29) is 17.8 Å². The highest BCUT2D eigenvalue weighted by Crippen LogP contribution is 2.09. The molecule has 0 spiro atoms. The maximum Gasteiger partial charge on any atom is 0.272 e. The molecule has 0 radical (unpaired) electrons.